The zero-order chi connectivity index (χ0) is 21.7. The summed E-state index contributed by atoms with van der Waals surface area (Å²) in [5.74, 6) is 0. The van der Waals surface area contributed by atoms with Crippen LogP contribution in [0.1, 0.15) is 13.8 Å². The zero-order valence-corrected chi connectivity index (χ0v) is 19.0. The van der Waals surface area contributed by atoms with Crippen LogP contribution in [-0.4, -0.2) is 51.9 Å². The van der Waals surface area contributed by atoms with Crippen molar-refractivity contribution < 1.29 is 140 Å². The largest absolute Gasteiger partial charge is 3.00 e. The summed E-state index contributed by atoms with van der Waals surface area (Å²) in [5.41, 5.74) is 6.97. The molecular formula is C10H22CrKN2O12. The Balaban J connectivity index is -0.0000000139. The van der Waals surface area contributed by atoms with Gasteiger partial charge in [-0.25, -0.2) is 0 Å². The van der Waals surface area contributed by atoms with Gasteiger partial charge in [0.15, 0.2) is 0 Å². The van der Waals surface area contributed by atoms with Crippen LogP contribution in [0.4, 0.5) is 0 Å². The number of rotatable bonds is 0. The summed E-state index contributed by atoms with van der Waals surface area (Å²) in [5, 5.41) is 49.5. The first kappa shape index (κ1) is 64.1. The molecule has 0 fully saturated rings. The van der Waals surface area contributed by atoms with Crippen molar-refractivity contribution in [2.45, 2.75) is 13.8 Å². The summed E-state index contributed by atoms with van der Waals surface area (Å²) in [6, 6.07) is 0. The second kappa shape index (κ2) is 263. The number of hydrogen-bond donors (Lipinski definition) is 2. The molecule has 0 amide bonds. The van der Waals surface area contributed by atoms with Crippen LogP contribution in [0.25, 0.3) is 0 Å². The Morgan fingerprint density at radius 2 is 0.538 bits per heavy atom. The Morgan fingerprint density at radius 1 is 0.538 bits per heavy atom. The van der Waals surface area contributed by atoms with Gasteiger partial charge in [0.05, 0.1) is 13.1 Å². The van der Waals surface area contributed by atoms with Gasteiger partial charge >= 0.3 is 68.7 Å². The minimum Gasteiger partial charge on any atom is -0.554 e. The average molecular weight is 453 g/mol. The van der Waals surface area contributed by atoms with E-state index < -0.39 is 38.8 Å². The van der Waals surface area contributed by atoms with E-state index >= 15 is 0 Å². The molecule has 151 valence electrons. The van der Waals surface area contributed by atoms with Gasteiger partial charge in [-0.3, -0.25) is 0 Å². The molecule has 6 N–H and O–H groups in total. The molecule has 0 heterocycles. The van der Waals surface area contributed by atoms with Gasteiger partial charge in [0, 0.05) is 38.8 Å². The second-order valence-electron chi connectivity index (χ2n) is 1.58. The molecule has 0 bridgehead atoms. The average Bonchev–Trinajstić information content (AvgIpc) is 2.45. The van der Waals surface area contributed by atoms with E-state index in [4.69, 9.17) is 59.4 Å². The van der Waals surface area contributed by atoms with Crippen LogP contribution in [0.2, 0.25) is 0 Å². The van der Waals surface area contributed by atoms with E-state index in [1.165, 1.54) is 0 Å². The molecule has 26 heavy (non-hydrogen) atoms. The van der Waals surface area contributed by atoms with Crippen LogP contribution >= 0.6 is 0 Å². The van der Waals surface area contributed by atoms with Gasteiger partial charge in [-0.05, 0) is 13.8 Å². The van der Waals surface area contributed by atoms with Gasteiger partial charge in [0.25, 0.3) is 0 Å². The maximum Gasteiger partial charge on any atom is 3.00 e. The van der Waals surface area contributed by atoms with Crippen molar-refractivity contribution in [3.05, 3.63) is 0 Å². The molecule has 0 aromatic carbocycles. The number of carboxylic acid groups (broad SMARTS) is 6. The summed E-state index contributed by atoms with van der Waals surface area (Å²) in [6.07, 6.45) is 0. The molecule has 1 radical (unpaired) electrons. The van der Waals surface area contributed by atoms with Crippen LogP contribution in [0, 0.1) is 0 Å². The van der Waals surface area contributed by atoms with Crippen LogP contribution in [-0.2, 0) is 46.1 Å². The third kappa shape index (κ3) is 9240. The van der Waals surface area contributed by atoms with E-state index in [1.54, 1.807) is 0 Å². The van der Waals surface area contributed by atoms with Crippen molar-refractivity contribution >= 4 is 38.8 Å². The molecule has 0 spiro atoms. The molecule has 0 aliphatic rings. The Kier molecular flexibility index (Phi) is 648. The third-order valence-corrected chi connectivity index (χ3v) is 0. The standard InChI is InChI=1S/2C2H7N.6CH2O2.Cr.K/c2*1-2-3;6*2-1-3;;/h2*2-3H2,1H3;6*1H,(H,2,3);;/q;;;;;;;;+3;+1/p-4. The van der Waals surface area contributed by atoms with Crippen molar-refractivity contribution in [2.24, 2.45) is 0 Å². The Hall–Kier alpha value is -1.09. The summed E-state index contributed by atoms with van der Waals surface area (Å²) in [4.78, 5) is 49.5. The molecule has 14 nitrogen and oxygen atoms in total. The number of carbonyl (C=O) groups excluding carboxylic acids is 6. The minimum absolute atomic E-state index is 0. The van der Waals surface area contributed by atoms with Crippen LogP contribution in [0.5, 0.6) is 0 Å². The Morgan fingerprint density at radius 3 is 0.538 bits per heavy atom. The number of hydrogen-bond acceptors (Lipinski definition) is 12. The van der Waals surface area contributed by atoms with Crippen molar-refractivity contribution in [2.75, 3.05) is 13.1 Å². The van der Waals surface area contributed by atoms with Gasteiger partial charge in [-0.15, -0.1) is 0 Å². The first-order valence-electron chi connectivity index (χ1n) is 5.24. The van der Waals surface area contributed by atoms with Crippen LogP contribution < -0.4 is 93.5 Å². The predicted molar refractivity (Wildman–Crippen MR) is 63.2 cm³/mol. The number of carbonyl (C=O) groups is 6. The third-order valence-electron chi connectivity index (χ3n) is 0. The molecule has 0 atom stereocenters. The van der Waals surface area contributed by atoms with Gasteiger partial charge in [0.1, 0.15) is 0 Å². The van der Waals surface area contributed by atoms with E-state index in [9.17, 15) is 0 Å². The Bertz CT molecular complexity index is 156. The molecule has 0 unspecified atom stereocenters. The minimum atomic E-state index is -0.500. The van der Waals surface area contributed by atoms with Gasteiger partial charge in [-0.1, -0.05) is 0 Å². The summed E-state index contributed by atoms with van der Waals surface area (Å²) in [7, 11) is 0. The SMILES string of the molecule is CC[NH3+].CC[NH3+].O=C[O-].O=C[O-].O=C[O-].O=C[O-].O=C[O-].O=C[O-].[Cr+3].[K+]. The van der Waals surface area contributed by atoms with E-state index in [2.05, 4.69) is 11.5 Å². The molecule has 0 aliphatic heterocycles. The molecule has 16 heteroatoms. The maximum atomic E-state index is 8.25. The van der Waals surface area contributed by atoms with Crippen LogP contribution in [0.3, 0.4) is 0 Å². The molecular weight excluding hydrogens is 431 g/mol. The number of quaternary nitrogens is 2. The molecule has 0 saturated carbocycles. The van der Waals surface area contributed by atoms with Crippen molar-refractivity contribution in [3.63, 3.8) is 0 Å². The quantitative estimate of drug-likeness (QED) is 0.255. The summed E-state index contributed by atoms with van der Waals surface area (Å²) < 4.78 is 0. The van der Waals surface area contributed by atoms with E-state index in [0.29, 0.717) is 0 Å². The van der Waals surface area contributed by atoms with Crippen molar-refractivity contribution in [1.29, 1.82) is 0 Å². The van der Waals surface area contributed by atoms with Crippen LogP contribution in [0.15, 0.2) is 0 Å². The molecule has 0 aromatic heterocycles. The molecule has 0 rings (SSSR count). The normalized spacial score (nSPS) is 4.15. The first-order valence-corrected chi connectivity index (χ1v) is 5.24. The maximum absolute atomic E-state index is 8.25. The first-order chi connectivity index (χ1) is 11.3. The van der Waals surface area contributed by atoms with E-state index in [-0.39, 0.29) is 68.7 Å². The van der Waals surface area contributed by atoms with Crippen molar-refractivity contribution in [3.8, 4) is 0 Å². The van der Waals surface area contributed by atoms with Crippen molar-refractivity contribution in [1.82, 2.24) is 0 Å². The predicted octanol–water partition coefficient (Wildman–Crippen LogP) is -14.3. The second-order valence-corrected chi connectivity index (χ2v) is 1.58. The topological polar surface area (TPSA) is 296 Å². The fourth-order valence-electron chi connectivity index (χ4n) is 0. The molecule has 0 aromatic rings. The van der Waals surface area contributed by atoms with E-state index in [1.807, 2.05) is 13.8 Å². The van der Waals surface area contributed by atoms with Gasteiger partial charge in [0.2, 0.25) is 0 Å². The Labute approximate surface area is 203 Å². The monoisotopic (exact) mass is 453 g/mol. The fourth-order valence-corrected chi connectivity index (χ4v) is 0. The summed E-state index contributed by atoms with van der Waals surface area (Å²) in [6.45, 7) is 3.03. The molecule has 0 aliphatic carbocycles. The smallest absolute Gasteiger partial charge is 0.554 e. The summed E-state index contributed by atoms with van der Waals surface area (Å²) >= 11 is 0. The van der Waals surface area contributed by atoms with Gasteiger partial charge in [-0.2, -0.15) is 0 Å². The fraction of sp³-hybridized carbons (Fsp3) is 0.400. The van der Waals surface area contributed by atoms with Gasteiger partial charge < -0.3 is 70.9 Å². The zero-order valence-electron chi connectivity index (χ0n) is 14.6. The molecule has 0 saturated heterocycles. The van der Waals surface area contributed by atoms with E-state index in [0.717, 1.165) is 13.1 Å².